The summed E-state index contributed by atoms with van der Waals surface area (Å²) in [5, 5.41) is 10.3. The topological polar surface area (TPSA) is 62.7 Å². The van der Waals surface area contributed by atoms with Gasteiger partial charge in [-0.1, -0.05) is 30.3 Å². The van der Waals surface area contributed by atoms with Crippen molar-refractivity contribution in [3.05, 3.63) is 71.9 Å². The predicted octanol–water partition coefficient (Wildman–Crippen LogP) is 6.08. The van der Waals surface area contributed by atoms with Crippen molar-refractivity contribution >= 4 is 16.9 Å². The number of rotatable bonds is 11. The minimum atomic E-state index is -1.12. The fourth-order valence-electron chi connectivity index (χ4n) is 5.41. The zero-order valence-electron chi connectivity index (χ0n) is 20.4. The van der Waals surface area contributed by atoms with Crippen LogP contribution in [-0.2, 0) is 11.2 Å². The van der Waals surface area contributed by atoms with Crippen LogP contribution in [0, 0.1) is 11.8 Å². The molecule has 3 aromatic rings. The van der Waals surface area contributed by atoms with Crippen molar-refractivity contribution in [2.75, 3.05) is 26.7 Å². The summed E-state index contributed by atoms with van der Waals surface area (Å²) in [6.07, 6.45) is 4.74. The smallest absolute Gasteiger partial charge is 0.303 e. The van der Waals surface area contributed by atoms with Gasteiger partial charge in [-0.2, -0.15) is 0 Å². The van der Waals surface area contributed by atoms with Crippen LogP contribution in [0.15, 0.2) is 60.8 Å². The first kappa shape index (κ1) is 25.1. The fraction of sp³-hybridized carbons (Fsp3) is 0.448. The average Bonchev–Trinajstić information content (AvgIpc) is 2.87. The average molecular weight is 479 g/mol. The number of likely N-dealkylation sites (tertiary alicyclic amines) is 1. The first-order chi connectivity index (χ1) is 17.0. The maximum absolute atomic E-state index is 15.5. The second kappa shape index (κ2) is 12.1. The highest BCUT2D eigenvalue weighted by atomic mass is 19.1. The molecule has 1 aromatic heterocycles. The molecule has 1 fully saturated rings. The van der Waals surface area contributed by atoms with Crippen LogP contribution >= 0.6 is 0 Å². The molecule has 1 N–H and O–H groups in total. The third kappa shape index (κ3) is 6.79. The zero-order chi connectivity index (χ0) is 24.6. The Morgan fingerprint density at radius 3 is 2.80 bits per heavy atom. The van der Waals surface area contributed by atoms with Crippen molar-refractivity contribution in [2.45, 2.75) is 44.7 Å². The van der Waals surface area contributed by atoms with E-state index in [1.807, 2.05) is 24.3 Å². The van der Waals surface area contributed by atoms with Gasteiger partial charge in [-0.05, 0) is 92.4 Å². The van der Waals surface area contributed by atoms with Gasteiger partial charge in [-0.15, -0.1) is 0 Å². The van der Waals surface area contributed by atoms with Gasteiger partial charge in [0.05, 0.1) is 12.6 Å². The summed E-state index contributed by atoms with van der Waals surface area (Å²) < 4.78 is 20.8. The summed E-state index contributed by atoms with van der Waals surface area (Å²) in [5.41, 5.74) is 2.71. The number of ether oxygens (including phenoxy) is 1. The Morgan fingerprint density at radius 2 is 2.03 bits per heavy atom. The number of carboxylic acids is 1. The number of methoxy groups -OCH3 is 1. The predicted molar refractivity (Wildman–Crippen MR) is 136 cm³/mol. The molecule has 1 unspecified atom stereocenters. The second-order valence-electron chi connectivity index (χ2n) is 9.62. The summed E-state index contributed by atoms with van der Waals surface area (Å²) >= 11 is 0. The number of piperidine rings is 1. The number of alkyl halides is 1. The van der Waals surface area contributed by atoms with E-state index in [1.165, 1.54) is 5.56 Å². The van der Waals surface area contributed by atoms with Gasteiger partial charge in [-0.3, -0.25) is 9.78 Å². The molecule has 0 saturated carbocycles. The number of aromatic nitrogens is 1. The van der Waals surface area contributed by atoms with Crippen LogP contribution in [0.3, 0.4) is 0 Å². The number of carboxylic acid groups (broad SMARTS) is 1. The van der Waals surface area contributed by atoms with E-state index >= 15 is 4.39 Å². The minimum absolute atomic E-state index is 0.0550. The quantitative estimate of drug-likeness (QED) is 0.362. The van der Waals surface area contributed by atoms with Crippen LogP contribution in [0.5, 0.6) is 5.75 Å². The Balaban J connectivity index is 1.35. The standard InChI is InChI=1S/C29H35FN2O3/c1-35-24-10-12-28-26(19-24)25(13-15-31-28)27(30)11-9-22-14-17-32(20-23(22)18-29(33)34)16-5-8-21-6-3-2-4-7-21/h2-4,6-7,10,12-13,15,19,22-23,27H,5,8-9,11,14,16-18,20H2,1H3,(H,33,34)/t22-,23+,27?/m1/s1. The van der Waals surface area contributed by atoms with Crippen LogP contribution in [0.1, 0.15) is 49.4 Å². The summed E-state index contributed by atoms with van der Waals surface area (Å²) in [7, 11) is 1.60. The zero-order valence-corrected chi connectivity index (χ0v) is 20.4. The van der Waals surface area contributed by atoms with E-state index in [4.69, 9.17) is 4.74 Å². The molecule has 0 radical (unpaired) electrons. The lowest BCUT2D eigenvalue weighted by atomic mass is 9.79. The normalized spacial score (nSPS) is 19.5. The molecule has 2 heterocycles. The Hall–Kier alpha value is -2.99. The van der Waals surface area contributed by atoms with Crippen molar-refractivity contribution in [1.82, 2.24) is 9.88 Å². The number of fused-ring (bicyclic) bond motifs is 1. The summed E-state index contributed by atoms with van der Waals surface area (Å²) in [4.78, 5) is 18.3. The third-order valence-electron chi connectivity index (χ3n) is 7.31. The molecule has 6 heteroatoms. The van der Waals surface area contributed by atoms with Crippen molar-refractivity contribution in [3.63, 3.8) is 0 Å². The number of aliphatic carboxylic acids is 1. The summed E-state index contributed by atoms with van der Waals surface area (Å²) in [6, 6.07) is 17.7. The third-order valence-corrected chi connectivity index (χ3v) is 7.31. The van der Waals surface area contributed by atoms with Crippen LogP contribution in [0.25, 0.3) is 10.9 Å². The fourth-order valence-corrected chi connectivity index (χ4v) is 5.41. The van der Waals surface area contributed by atoms with E-state index in [-0.39, 0.29) is 18.3 Å². The number of hydrogen-bond acceptors (Lipinski definition) is 4. The van der Waals surface area contributed by atoms with Gasteiger partial charge >= 0.3 is 5.97 Å². The maximum Gasteiger partial charge on any atom is 0.303 e. The molecule has 1 aliphatic heterocycles. The Bertz CT molecular complexity index is 1110. The van der Waals surface area contributed by atoms with Gasteiger partial charge in [0.25, 0.3) is 0 Å². The van der Waals surface area contributed by atoms with E-state index in [2.05, 4.69) is 34.1 Å². The lowest BCUT2D eigenvalue weighted by Crippen LogP contribution is -2.42. The van der Waals surface area contributed by atoms with E-state index in [1.54, 1.807) is 19.4 Å². The minimum Gasteiger partial charge on any atom is -0.497 e. The molecule has 1 saturated heterocycles. The Morgan fingerprint density at radius 1 is 1.20 bits per heavy atom. The van der Waals surface area contributed by atoms with Crippen LogP contribution in [0.4, 0.5) is 4.39 Å². The molecule has 35 heavy (non-hydrogen) atoms. The van der Waals surface area contributed by atoms with E-state index in [9.17, 15) is 9.90 Å². The van der Waals surface area contributed by atoms with Crippen molar-refractivity contribution in [1.29, 1.82) is 0 Å². The van der Waals surface area contributed by atoms with Crippen molar-refractivity contribution in [2.24, 2.45) is 11.8 Å². The molecular weight excluding hydrogens is 443 g/mol. The molecule has 1 aliphatic rings. The SMILES string of the molecule is COc1ccc2nccc(C(F)CC[C@@H]3CCN(CCCc4ccccc4)C[C@@H]3CC(=O)O)c2c1. The molecule has 0 bridgehead atoms. The second-order valence-corrected chi connectivity index (χ2v) is 9.62. The number of aryl methyl sites for hydroxylation is 1. The molecular formula is C29H35FN2O3. The van der Waals surface area contributed by atoms with Crippen LogP contribution in [-0.4, -0.2) is 47.7 Å². The number of halogens is 1. The molecule has 0 aliphatic carbocycles. The molecule has 3 atom stereocenters. The number of carbonyl (C=O) groups is 1. The molecule has 5 nitrogen and oxygen atoms in total. The summed E-state index contributed by atoms with van der Waals surface area (Å²) in [5.74, 6) is 0.187. The highest BCUT2D eigenvalue weighted by Gasteiger charge is 2.31. The van der Waals surface area contributed by atoms with E-state index in [0.29, 0.717) is 24.2 Å². The number of benzene rings is 2. The van der Waals surface area contributed by atoms with Crippen LogP contribution < -0.4 is 4.74 Å². The monoisotopic (exact) mass is 478 g/mol. The molecule has 186 valence electrons. The number of hydrogen-bond donors (Lipinski definition) is 1. The highest BCUT2D eigenvalue weighted by Crippen LogP contribution is 2.36. The highest BCUT2D eigenvalue weighted by molar-refractivity contribution is 5.83. The van der Waals surface area contributed by atoms with Gasteiger partial charge in [0.15, 0.2) is 0 Å². The van der Waals surface area contributed by atoms with Gasteiger partial charge in [0.2, 0.25) is 0 Å². The van der Waals surface area contributed by atoms with Gasteiger partial charge < -0.3 is 14.7 Å². The molecule has 0 spiro atoms. The number of pyridine rings is 1. The first-order valence-corrected chi connectivity index (χ1v) is 12.6. The van der Waals surface area contributed by atoms with E-state index in [0.717, 1.165) is 49.8 Å². The lowest BCUT2D eigenvalue weighted by Gasteiger charge is -2.38. The van der Waals surface area contributed by atoms with Gasteiger partial charge in [-0.25, -0.2) is 4.39 Å². The molecule has 2 aromatic carbocycles. The van der Waals surface area contributed by atoms with E-state index < -0.39 is 12.1 Å². The number of nitrogens with zero attached hydrogens (tertiary/aromatic N) is 2. The summed E-state index contributed by atoms with van der Waals surface area (Å²) in [6.45, 7) is 2.69. The largest absolute Gasteiger partial charge is 0.497 e. The van der Waals surface area contributed by atoms with Crippen LogP contribution in [0.2, 0.25) is 0 Å². The maximum atomic E-state index is 15.5. The Labute approximate surface area is 206 Å². The first-order valence-electron chi connectivity index (χ1n) is 12.6. The van der Waals surface area contributed by atoms with Gasteiger partial charge in [0, 0.05) is 24.5 Å². The van der Waals surface area contributed by atoms with Crippen molar-refractivity contribution in [3.8, 4) is 5.75 Å². The Kier molecular flexibility index (Phi) is 8.69. The molecule has 0 amide bonds. The molecule has 4 rings (SSSR count). The van der Waals surface area contributed by atoms with Gasteiger partial charge in [0.1, 0.15) is 11.9 Å². The van der Waals surface area contributed by atoms with Crippen molar-refractivity contribution < 1.29 is 19.0 Å². The lowest BCUT2D eigenvalue weighted by molar-refractivity contribution is -0.139.